The molecule has 0 saturated carbocycles. The highest BCUT2D eigenvalue weighted by Gasteiger charge is 2.18. The Kier molecular flexibility index (Phi) is 4.51. The Balaban J connectivity index is 1.70. The van der Waals surface area contributed by atoms with Gasteiger partial charge in [0.2, 0.25) is 11.7 Å². The van der Waals surface area contributed by atoms with Crippen LogP contribution in [-0.4, -0.2) is 23.5 Å². The molecule has 0 atom stereocenters. The van der Waals surface area contributed by atoms with Crippen molar-refractivity contribution in [3.63, 3.8) is 0 Å². The molecule has 0 aliphatic heterocycles. The topological polar surface area (TPSA) is 98.0 Å². The van der Waals surface area contributed by atoms with Crippen molar-refractivity contribution in [3.8, 4) is 11.4 Å². The minimum absolute atomic E-state index is 0.0606. The first kappa shape index (κ1) is 15.8. The Morgan fingerprint density at radius 1 is 1.30 bits per heavy atom. The second-order valence-corrected chi connectivity index (χ2v) is 7.81. The number of aryl methyl sites for hydroxylation is 1. The Morgan fingerprint density at radius 3 is 2.87 bits per heavy atom. The molecule has 0 bridgehead atoms. The summed E-state index contributed by atoms with van der Waals surface area (Å²) in [5, 5.41) is 3.82. The number of pyridine rings is 1. The second-order valence-electron chi connectivity index (χ2n) is 4.65. The van der Waals surface area contributed by atoms with Gasteiger partial charge in [0.1, 0.15) is 4.21 Å². The lowest BCUT2D eigenvalue weighted by Gasteiger charge is -2.00. The van der Waals surface area contributed by atoms with Gasteiger partial charge in [0.25, 0.3) is 10.0 Å². The first-order chi connectivity index (χ1) is 11.1. The van der Waals surface area contributed by atoms with Crippen LogP contribution in [0.25, 0.3) is 11.4 Å². The summed E-state index contributed by atoms with van der Waals surface area (Å²) in [6.07, 6.45) is 4.05. The number of thiophene rings is 1. The average molecular weight is 350 g/mol. The van der Waals surface area contributed by atoms with Crippen molar-refractivity contribution >= 4 is 21.4 Å². The van der Waals surface area contributed by atoms with Crippen molar-refractivity contribution in [2.45, 2.75) is 24.1 Å². The molecule has 0 unspecified atom stereocenters. The summed E-state index contributed by atoms with van der Waals surface area (Å²) >= 11 is 1.25. The molecule has 3 aromatic rings. The van der Waals surface area contributed by atoms with Crippen LogP contribution < -0.4 is 4.72 Å². The van der Waals surface area contributed by atoms with Crippen LogP contribution in [0.5, 0.6) is 0 Å². The maximum atomic E-state index is 12.2. The highest BCUT2D eigenvalue weighted by Crippen LogP contribution is 2.22. The van der Waals surface area contributed by atoms with Gasteiger partial charge in [-0.1, -0.05) is 12.1 Å². The van der Waals surface area contributed by atoms with Gasteiger partial charge in [-0.2, -0.15) is 4.98 Å². The van der Waals surface area contributed by atoms with Crippen molar-refractivity contribution in [2.75, 3.05) is 0 Å². The smallest absolute Gasteiger partial charge is 0.250 e. The zero-order chi connectivity index (χ0) is 16.3. The third-order valence-electron chi connectivity index (χ3n) is 3.05. The summed E-state index contributed by atoms with van der Waals surface area (Å²) in [6.45, 7) is 1.92. The summed E-state index contributed by atoms with van der Waals surface area (Å²) in [5.74, 6) is 0.566. The van der Waals surface area contributed by atoms with E-state index in [4.69, 9.17) is 4.52 Å². The molecule has 0 fully saturated rings. The Bertz CT molecular complexity index is 888. The molecule has 0 amide bonds. The van der Waals surface area contributed by atoms with Crippen molar-refractivity contribution < 1.29 is 12.9 Å². The first-order valence-electron chi connectivity index (χ1n) is 6.90. The second kappa shape index (κ2) is 6.57. The standard InChI is InChI=1S/C14H14N4O3S2/c1-2-11-5-6-13(22-11)23(19,20)16-9-12-17-14(18-21-12)10-4-3-7-15-8-10/h3-8,16H,2,9H2,1H3. The predicted octanol–water partition coefficient (Wildman–Crippen LogP) is 2.23. The van der Waals surface area contributed by atoms with E-state index in [-0.39, 0.29) is 16.6 Å². The first-order valence-corrected chi connectivity index (χ1v) is 9.20. The van der Waals surface area contributed by atoms with Crippen molar-refractivity contribution in [1.82, 2.24) is 19.8 Å². The van der Waals surface area contributed by atoms with E-state index < -0.39 is 10.0 Å². The van der Waals surface area contributed by atoms with Crippen LogP contribution >= 0.6 is 11.3 Å². The molecule has 120 valence electrons. The molecule has 3 heterocycles. The van der Waals surface area contributed by atoms with E-state index >= 15 is 0 Å². The van der Waals surface area contributed by atoms with Gasteiger partial charge in [0, 0.05) is 22.8 Å². The summed E-state index contributed by atoms with van der Waals surface area (Å²) in [5.41, 5.74) is 0.705. The van der Waals surface area contributed by atoms with Crippen LogP contribution in [0.1, 0.15) is 17.7 Å². The summed E-state index contributed by atoms with van der Waals surface area (Å²) in [4.78, 5) is 9.15. The molecule has 0 spiro atoms. The van der Waals surface area contributed by atoms with Gasteiger partial charge in [-0.25, -0.2) is 13.1 Å². The van der Waals surface area contributed by atoms with Gasteiger partial charge >= 0.3 is 0 Å². The normalized spacial score (nSPS) is 11.7. The Morgan fingerprint density at radius 2 is 2.17 bits per heavy atom. The van der Waals surface area contributed by atoms with Crippen LogP contribution in [0.2, 0.25) is 0 Å². The quantitative estimate of drug-likeness (QED) is 0.732. The van der Waals surface area contributed by atoms with Crippen LogP contribution in [0, 0.1) is 0 Å². The minimum atomic E-state index is -3.57. The lowest BCUT2D eigenvalue weighted by Crippen LogP contribution is -2.22. The van der Waals surface area contributed by atoms with Crippen LogP contribution in [0.4, 0.5) is 0 Å². The van der Waals surface area contributed by atoms with Gasteiger partial charge in [-0.3, -0.25) is 4.98 Å². The molecule has 0 aliphatic carbocycles. The number of nitrogens with zero attached hydrogens (tertiary/aromatic N) is 3. The van der Waals surface area contributed by atoms with Gasteiger partial charge in [-0.15, -0.1) is 11.3 Å². The van der Waals surface area contributed by atoms with Gasteiger partial charge < -0.3 is 4.52 Å². The van der Waals surface area contributed by atoms with E-state index in [2.05, 4.69) is 19.8 Å². The maximum absolute atomic E-state index is 12.2. The zero-order valence-corrected chi connectivity index (χ0v) is 13.9. The molecule has 0 aromatic carbocycles. The molecule has 3 aromatic heterocycles. The molecular weight excluding hydrogens is 336 g/mol. The number of rotatable bonds is 6. The van der Waals surface area contributed by atoms with Crippen molar-refractivity contribution in [2.24, 2.45) is 0 Å². The third-order valence-corrected chi connectivity index (χ3v) is 6.17. The van der Waals surface area contributed by atoms with Crippen molar-refractivity contribution in [3.05, 3.63) is 47.4 Å². The molecule has 0 saturated heterocycles. The van der Waals surface area contributed by atoms with Crippen LogP contribution in [-0.2, 0) is 23.0 Å². The van der Waals surface area contributed by atoms with Gasteiger partial charge in [0.15, 0.2) is 0 Å². The summed E-state index contributed by atoms with van der Waals surface area (Å²) in [6, 6.07) is 6.97. The van der Waals surface area contributed by atoms with Gasteiger partial charge in [-0.05, 0) is 30.7 Å². The number of hydrogen-bond donors (Lipinski definition) is 1. The monoisotopic (exact) mass is 350 g/mol. The molecule has 0 aliphatic rings. The van der Waals surface area contributed by atoms with E-state index in [1.165, 1.54) is 11.3 Å². The van der Waals surface area contributed by atoms with E-state index in [0.29, 0.717) is 11.4 Å². The number of nitrogens with one attached hydrogen (secondary N) is 1. The number of aromatic nitrogens is 3. The molecule has 23 heavy (non-hydrogen) atoms. The van der Waals surface area contributed by atoms with E-state index in [9.17, 15) is 8.42 Å². The van der Waals surface area contributed by atoms with E-state index in [1.54, 1.807) is 30.6 Å². The molecular formula is C14H14N4O3S2. The predicted molar refractivity (Wildman–Crippen MR) is 85.3 cm³/mol. The molecule has 1 N–H and O–H groups in total. The summed E-state index contributed by atoms with van der Waals surface area (Å²) in [7, 11) is -3.57. The van der Waals surface area contributed by atoms with E-state index in [0.717, 1.165) is 11.3 Å². The lowest BCUT2D eigenvalue weighted by molar-refractivity contribution is 0.376. The molecule has 3 rings (SSSR count). The van der Waals surface area contributed by atoms with Crippen LogP contribution in [0.3, 0.4) is 0 Å². The van der Waals surface area contributed by atoms with Crippen molar-refractivity contribution in [1.29, 1.82) is 0 Å². The van der Waals surface area contributed by atoms with E-state index in [1.807, 2.05) is 13.0 Å². The van der Waals surface area contributed by atoms with Crippen LogP contribution in [0.15, 0.2) is 45.4 Å². The fourth-order valence-electron chi connectivity index (χ4n) is 1.86. The average Bonchev–Trinajstić information content (AvgIpc) is 3.23. The maximum Gasteiger partial charge on any atom is 0.250 e. The highest BCUT2D eigenvalue weighted by molar-refractivity contribution is 7.91. The summed E-state index contributed by atoms with van der Waals surface area (Å²) < 4.78 is 32.2. The molecule has 7 nitrogen and oxygen atoms in total. The lowest BCUT2D eigenvalue weighted by atomic mass is 10.3. The Hall–Kier alpha value is -2.10. The SMILES string of the molecule is CCc1ccc(S(=O)(=O)NCc2nc(-c3cccnc3)no2)s1. The molecule has 0 radical (unpaired) electrons. The fourth-order valence-corrected chi connectivity index (χ4v) is 4.17. The zero-order valence-electron chi connectivity index (χ0n) is 12.3. The fraction of sp³-hybridized carbons (Fsp3) is 0.214. The number of sulfonamides is 1. The number of hydrogen-bond acceptors (Lipinski definition) is 7. The Labute approximate surface area is 137 Å². The largest absolute Gasteiger partial charge is 0.338 e. The van der Waals surface area contributed by atoms with Gasteiger partial charge in [0.05, 0.1) is 6.54 Å². The minimum Gasteiger partial charge on any atom is -0.338 e. The highest BCUT2D eigenvalue weighted by atomic mass is 32.2. The third kappa shape index (κ3) is 3.63. The molecule has 9 heteroatoms.